The second-order valence-electron chi connectivity index (χ2n) is 1.84. The van der Waals surface area contributed by atoms with E-state index < -0.39 is 34.6 Å². The molecule has 0 aromatic carbocycles. The van der Waals surface area contributed by atoms with Crippen LogP contribution < -0.4 is 24.8 Å². The predicted molar refractivity (Wildman–Crippen MR) is 41.7 cm³/mol. The van der Waals surface area contributed by atoms with E-state index >= 15 is 0 Å². The van der Waals surface area contributed by atoms with E-state index in [0.717, 1.165) is 0 Å². The maximum atomic E-state index is 5.07. The standard InChI is InChI=1S/2C2H6BO3.2ClH.Ti/c2*1-5-3(4)6-2;;;/h2*1-2H3;2*1H;/q2*-1;;;+4/p-2. The molecule has 88 valence electrons. The molecule has 0 radical (unpaired) electrons. The summed E-state index contributed by atoms with van der Waals surface area (Å²) < 4.78 is 29.2. The van der Waals surface area contributed by atoms with Gasteiger partial charge in [-0.15, -0.1) is 0 Å². The number of hydrogen-bond acceptors (Lipinski definition) is 6. The largest absolute Gasteiger partial charge is 1.00 e. The van der Waals surface area contributed by atoms with Gasteiger partial charge in [-0.2, -0.15) is 0 Å². The summed E-state index contributed by atoms with van der Waals surface area (Å²) in [4.78, 5) is 0. The smallest absolute Gasteiger partial charge is 1.00 e. The molecule has 0 aromatic heterocycles. The van der Waals surface area contributed by atoms with E-state index in [1.54, 1.807) is 0 Å². The van der Waals surface area contributed by atoms with Crippen LogP contribution in [0, 0.1) is 0 Å². The molecule has 0 fully saturated rings. The molecule has 0 atom stereocenters. The van der Waals surface area contributed by atoms with Crippen LogP contribution in [-0.2, 0) is 45.0 Å². The molecule has 0 bridgehead atoms. The van der Waals surface area contributed by atoms with Gasteiger partial charge in [0, 0.05) is 0 Å². The summed E-state index contributed by atoms with van der Waals surface area (Å²) in [6, 6.07) is 0. The Morgan fingerprint density at radius 3 is 1.13 bits per heavy atom. The van der Waals surface area contributed by atoms with E-state index in [9.17, 15) is 0 Å². The third-order valence-corrected chi connectivity index (χ3v) is 1.96. The van der Waals surface area contributed by atoms with E-state index in [-0.39, 0.29) is 24.8 Å². The average molecular weight is 297 g/mol. The fourth-order valence-electron chi connectivity index (χ4n) is 0.491. The molecule has 0 spiro atoms. The van der Waals surface area contributed by atoms with Gasteiger partial charge < -0.3 is 24.8 Å². The van der Waals surface area contributed by atoms with E-state index in [1.807, 2.05) is 0 Å². The van der Waals surface area contributed by atoms with Crippen LogP contribution in [-0.4, -0.2) is 43.1 Å². The first-order valence-corrected chi connectivity index (χ1v) is 4.73. The molecular weight excluding hydrogens is 284 g/mol. The first-order chi connectivity index (χ1) is 6.28. The zero-order valence-electron chi connectivity index (χ0n) is 8.86. The monoisotopic (exact) mass is 296 g/mol. The summed E-state index contributed by atoms with van der Waals surface area (Å²) in [5.74, 6) is 0. The Kier molecular flexibility index (Phi) is 21.7. The number of hydrogen-bond donors (Lipinski definition) is 0. The van der Waals surface area contributed by atoms with Crippen molar-refractivity contribution in [2.75, 3.05) is 28.4 Å². The summed E-state index contributed by atoms with van der Waals surface area (Å²) in [7, 11) is 4.54. The summed E-state index contributed by atoms with van der Waals surface area (Å²) in [5.41, 5.74) is 0. The molecule has 0 aliphatic carbocycles. The van der Waals surface area contributed by atoms with Crippen molar-refractivity contribution in [1.82, 2.24) is 0 Å². The fourth-order valence-corrected chi connectivity index (χ4v) is 1.42. The van der Waals surface area contributed by atoms with Crippen molar-refractivity contribution in [2.24, 2.45) is 0 Å². The van der Waals surface area contributed by atoms with Gasteiger partial charge in [-0.1, -0.05) is 0 Å². The maximum absolute atomic E-state index is 5.07. The quantitative estimate of drug-likeness (QED) is 0.415. The fraction of sp³-hybridized carbons (Fsp3) is 1.00. The summed E-state index contributed by atoms with van der Waals surface area (Å²) >= 11 is -1.11. The van der Waals surface area contributed by atoms with E-state index in [4.69, 9.17) is 25.1 Å². The van der Waals surface area contributed by atoms with Gasteiger partial charge in [0.1, 0.15) is 0 Å². The maximum Gasteiger partial charge on any atom is -1.00 e. The SMILES string of the molecule is COB(OC)[O][Ti+2][O]B(OC)OC.[Cl-].[Cl-]. The van der Waals surface area contributed by atoms with Crippen LogP contribution in [0.2, 0.25) is 0 Å². The Bertz CT molecular complexity index is 107. The van der Waals surface area contributed by atoms with Gasteiger partial charge in [-0.3, -0.25) is 0 Å². The Morgan fingerprint density at radius 1 is 0.667 bits per heavy atom. The molecule has 0 aromatic rings. The molecule has 0 saturated heterocycles. The third-order valence-electron chi connectivity index (χ3n) is 1.06. The molecule has 0 amide bonds. The number of rotatable bonds is 8. The normalized spacial score (nSPS) is 8.27. The summed E-state index contributed by atoms with van der Waals surface area (Å²) in [6.07, 6.45) is 0. The predicted octanol–water partition coefficient (Wildman–Crippen LogP) is -6.50. The van der Waals surface area contributed by atoms with Crippen LogP contribution >= 0.6 is 0 Å². The van der Waals surface area contributed by atoms with Crippen molar-refractivity contribution in [3.05, 3.63) is 0 Å². The van der Waals surface area contributed by atoms with Gasteiger partial charge in [0.05, 0.1) is 0 Å². The minimum absolute atomic E-state index is 0. The average Bonchev–Trinajstić information content (AvgIpc) is 2.19. The first-order valence-electron chi connectivity index (χ1n) is 3.46. The van der Waals surface area contributed by atoms with Crippen molar-refractivity contribution in [1.29, 1.82) is 0 Å². The van der Waals surface area contributed by atoms with Crippen LogP contribution in [0.15, 0.2) is 0 Å². The minimum Gasteiger partial charge on any atom is -1.00 e. The molecule has 0 aliphatic heterocycles. The Morgan fingerprint density at radius 2 is 0.933 bits per heavy atom. The molecule has 0 rings (SSSR count). The number of halogens is 2. The van der Waals surface area contributed by atoms with Crippen LogP contribution in [0.5, 0.6) is 0 Å². The van der Waals surface area contributed by atoms with Gasteiger partial charge in [-0.25, -0.2) is 0 Å². The zero-order chi connectivity index (χ0) is 10.1. The van der Waals surface area contributed by atoms with Crippen LogP contribution in [0.3, 0.4) is 0 Å². The van der Waals surface area contributed by atoms with Crippen molar-refractivity contribution >= 4 is 14.6 Å². The van der Waals surface area contributed by atoms with Crippen molar-refractivity contribution in [3.63, 3.8) is 0 Å². The molecule has 0 heterocycles. The molecule has 11 heteroatoms. The summed E-state index contributed by atoms with van der Waals surface area (Å²) in [6.45, 7) is 0. The second kappa shape index (κ2) is 15.2. The van der Waals surface area contributed by atoms with Crippen LogP contribution in [0.1, 0.15) is 0 Å². The Labute approximate surface area is 113 Å². The van der Waals surface area contributed by atoms with Crippen LogP contribution in [0.25, 0.3) is 0 Å². The third kappa shape index (κ3) is 11.4. The minimum atomic E-state index is -1.11. The van der Waals surface area contributed by atoms with Crippen molar-refractivity contribution in [2.45, 2.75) is 0 Å². The summed E-state index contributed by atoms with van der Waals surface area (Å²) in [5, 5.41) is 0. The van der Waals surface area contributed by atoms with Gasteiger partial charge >= 0.3 is 88.1 Å². The Balaban J connectivity index is -0.000000720. The van der Waals surface area contributed by atoms with Crippen molar-refractivity contribution < 1.29 is 69.8 Å². The molecule has 0 saturated carbocycles. The van der Waals surface area contributed by atoms with Gasteiger partial charge in [0.15, 0.2) is 0 Å². The van der Waals surface area contributed by atoms with Gasteiger partial charge in [0.2, 0.25) is 0 Å². The zero-order valence-corrected chi connectivity index (χ0v) is 11.9. The topological polar surface area (TPSA) is 55.4 Å². The molecular formula is C4H12B2Cl2O6Ti. The van der Waals surface area contributed by atoms with Crippen LogP contribution in [0.4, 0.5) is 0 Å². The van der Waals surface area contributed by atoms with E-state index in [1.165, 1.54) is 28.4 Å². The van der Waals surface area contributed by atoms with Gasteiger partial charge in [-0.05, 0) is 0 Å². The van der Waals surface area contributed by atoms with Crippen molar-refractivity contribution in [3.8, 4) is 0 Å². The molecule has 15 heavy (non-hydrogen) atoms. The first kappa shape index (κ1) is 21.5. The molecule has 0 aliphatic rings. The van der Waals surface area contributed by atoms with E-state index in [2.05, 4.69) is 0 Å². The molecule has 0 N–H and O–H groups in total. The Hall–Kier alpha value is 1.18. The molecule has 6 nitrogen and oxygen atoms in total. The molecule has 0 unspecified atom stereocenters. The van der Waals surface area contributed by atoms with Gasteiger partial charge in [0.25, 0.3) is 0 Å². The second-order valence-corrected chi connectivity index (χ2v) is 2.84. The van der Waals surface area contributed by atoms with E-state index in [0.29, 0.717) is 0 Å².